The molecule has 1 unspecified atom stereocenters. The molecule has 0 saturated carbocycles. The van der Waals surface area contributed by atoms with Crippen LogP contribution >= 0.6 is 11.8 Å². The first kappa shape index (κ1) is 20.9. The molecule has 2 aliphatic heterocycles. The number of thioether (sulfide) groups is 1. The molecular formula is C21H23N3O4S2. The summed E-state index contributed by atoms with van der Waals surface area (Å²) in [6, 6.07) is 13.7. The fraction of sp³-hybridized carbons (Fsp3) is 0.333. The number of nitrogens with one attached hydrogen (secondary N) is 1. The van der Waals surface area contributed by atoms with E-state index in [1.54, 1.807) is 30.9 Å². The van der Waals surface area contributed by atoms with E-state index >= 15 is 0 Å². The third-order valence-electron chi connectivity index (χ3n) is 5.48. The van der Waals surface area contributed by atoms with E-state index in [-0.39, 0.29) is 16.7 Å². The van der Waals surface area contributed by atoms with Crippen molar-refractivity contribution >= 4 is 45.0 Å². The zero-order valence-electron chi connectivity index (χ0n) is 16.8. The molecule has 2 amide bonds. The van der Waals surface area contributed by atoms with E-state index in [4.69, 9.17) is 0 Å². The highest BCUT2D eigenvalue weighted by Crippen LogP contribution is 2.56. The zero-order chi connectivity index (χ0) is 21.5. The summed E-state index contributed by atoms with van der Waals surface area (Å²) < 4.78 is 26.7. The topological polar surface area (TPSA) is 86.8 Å². The first-order valence-corrected chi connectivity index (χ1v) is 12.1. The number of hydrogen-bond donors (Lipinski definition) is 1. The Hall–Kier alpha value is -2.36. The maximum Gasteiger partial charge on any atom is 0.261 e. The van der Waals surface area contributed by atoms with E-state index in [9.17, 15) is 18.0 Å². The average molecular weight is 446 g/mol. The molecule has 7 nitrogen and oxygen atoms in total. The lowest BCUT2D eigenvalue weighted by atomic mass is 10.1. The van der Waals surface area contributed by atoms with Crippen molar-refractivity contribution in [2.24, 2.45) is 0 Å². The van der Waals surface area contributed by atoms with Gasteiger partial charge in [0.05, 0.1) is 10.6 Å². The van der Waals surface area contributed by atoms with Crippen LogP contribution in [-0.2, 0) is 19.6 Å². The van der Waals surface area contributed by atoms with Gasteiger partial charge in [-0.25, -0.2) is 8.42 Å². The van der Waals surface area contributed by atoms with E-state index < -0.39 is 14.9 Å². The molecule has 0 aliphatic carbocycles. The summed E-state index contributed by atoms with van der Waals surface area (Å²) in [6.45, 7) is 4.37. The fourth-order valence-electron chi connectivity index (χ4n) is 3.95. The lowest BCUT2D eigenvalue weighted by Gasteiger charge is -2.29. The summed E-state index contributed by atoms with van der Waals surface area (Å²) in [5.74, 6) is -0.350. The molecule has 9 heteroatoms. The van der Waals surface area contributed by atoms with Gasteiger partial charge in [-0.15, -0.1) is 0 Å². The number of benzene rings is 2. The highest BCUT2D eigenvalue weighted by molar-refractivity contribution is 8.02. The third kappa shape index (κ3) is 3.21. The van der Waals surface area contributed by atoms with Crippen LogP contribution in [0.25, 0.3) is 0 Å². The maximum atomic E-state index is 13.3. The van der Waals surface area contributed by atoms with Crippen molar-refractivity contribution in [3.8, 4) is 0 Å². The first-order chi connectivity index (χ1) is 14.3. The fourth-order valence-corrected chi connectivity index (χ4v) is 6.82. The molecule has 1 fully saturated rings. The monoisotopic (exact) mass is 445 g/mol. The van der Waals surface area contributed by atoms with Gasteiger partial charge in [-0.05, 0) is 42.8 Å². The minimum atomic E-state index is -3.56. The van der Waals surface area contributed by atoms with Crippen molar-refractivity contribution in [2.45, 2.75) is 41.4 Å². The van der Waals surface area contributed by atoms with Crippen LogP contribution < -0.4 is 10.2 Å². The average Bonchev–Trinajstić information content (AvgIpc) is 3.25. The highest BCUT2D eigenvalue weighted by atomic mass is 32.2. The lowest BCUT2D eigenvalue weighted by molar-refractivity contribution is -0.121. The van der Waals surface area contributed by atoms with Gasteiger partial charge in [0.25, 0.3) is 5.91 Å². The normalized spacial score (nSPS) is 20.4. The molecule has 2 aromatic carbocycles. The van der Waals surface area contributed by atoms with Gasteiger partial charge in [0.2, 0.25) is 15.9 Å². The van der Waals surface area contributed by atoms with Crippen molar-refractivity contribution in [1.29, 1.82) is 0 Å². The summed E-state index contributed by atoms with van der Waals surface area (Å²) in [6.07, 6.45) is 0.737. The van der Waals surface area contributed by atoms with Gasteiger partial charge in [0, 0.05) is 30.1 Å². The van der Waals surface area contributed by atoms with Crippen LogP contribution in [0.2, 0.25) is 0 Å². The number of anilines is 2. The van der Waals surface area contributed by atoms with E-state index in [0.717, 1.165) is 10.6 Å². The Morgan fingerprint density at radius 1 is 1.13 bits per heavy atom. The van der Waals surface area contributed by atoms with Gasteiger partial charge in [0.15, 0.2) is 4.87 Å². The molecule has 1 N–H and O–H groups in total. The second-order valence-electron chi connectivity index (χ2n) is 7.15. The standard InChI is InChI=1S/C21H23N3O4S2/c1-3-23(4-2)30(27,28)16-11-9-15(10-12-16)22-20(26)21-14-13-19(25)24(21)17-7-5-6-8-18(17)29-21/h5-12H,3-4,13-14H2,1-2H3,(H,22,26). The van der Waals surface area contributed by atoms with Crippen molar-refractivity contribution < 1.29 is 18.0 Å². The Labute approximate surface area is 180 Å². The van der Waals surface area contributed by atoms with E-state index in [1.807, 2.05) is 24.3 Å². The van der Waals surface area contributed by atoms with Crippen molar-refractivity contribution in [1.82, 2.24) is 4.31 Å². The smallest absolute Gasteiger partial charge is 0.261 e. The molecule has 2 aliphatic rings. The molecule has 2 heterocycles. The Morgan fingerprint density at radius 3 is 2.47 bits per heavy atom. The van der Waals surface area contributed by atoms with Gasteiger partial charge in [-0.3, -0.25) is 14.5 Å². The van der Waals surface area contributed by atoms with Crippen molar-refractivity contribution in [3.63, 3.8) is 0 Å². The summed E-state index contributed by atoms with van der Waals surface area (Å²) in [5, 5.41) is 2.88. The quantitative estimate of drug-likeness (QED) is 0.737. The Balaban J connectivity index is 1.57. The summed E-state index contributed by atoms with van der Waals surface area (Å²) >= 11 is 1.39. The third-order valence-corrected chi connectivity index (χ3v) is 9.02. The number of fused-ring (bicyclic) bond motifs is 3. The molecule has 0 spiro atoms. The number of para-hydroxylation sites is 1. The van der Waals surface area contributed by atoms with Gasteiger partial charge in [-0.2, -0.15) is 4.31 Å². The number of carbonyl (C=O) groups excluding carboxylic acids is 2. The Morgan fingerprint density at radius 2 is 1.80 bits per heavy atom. The number of rotatable bonds is 6. The molecule has 4 rings (SSSR count). The molecule has 0 aromatic heterocycles. The summed E-state index contributed by atoms with van der Waals surface area (Å²) in [5.41, 5.74) is 1.25. The van der Waals surface area contributed by atoms with Crippen LogP contribution in [0.4, 0.5) is 11.4 Å². The van der Waals surface area contributed by atoms with Gasteiger partial charge < -0.3 is 5.32 Å². The first-order valence-electron chi connectivity index (χ1n) is 9.86. The Kier molecular flexibility index (Phi) is 5.37. The molecule has 0 bridgehead atoms. The maximum absolute atomic E-state index is 13.3. The minimum Gasteiger partial charge on any atom is -0.323 e. The zero-order valence-corrected chi connectivity index (χ0v) is 18.4. The second-order valence-corrected chi connectivity index (χ2v) is 10.4. The van der Waals surface area contributed by atoms with Crippen molar-refractivity contribution in [3.05, 3.63) is 48.5 Å². The van der Waals surface area contributed by atoms with Gasteiger partial charge in [-0.1, -0.05) is 37.7 Å². The SMILES string of the molecule is CCN(CC)S(=O)(=O)c1ccc(NC(=O)C23CCC(=O)N2c2ccccc2S3)cc1. The molecule has 1 atom stereocenters. The van der Waals surface area contributed by atoms with Crippen molar-refractivity contribution in [2.75, 3.05) is 23.3 Å². The molecule has 1 saturated heterocycles. The van der Waals surface area contributed by atoms with Crippen LogP contribution in [0.5, 0.6) is 0 Å². The predicted molar refractivity (Wildman–Crippen MR) is 117 cm³/mol. The van der Waals surface area contributed by atoms with E-state index in [2.05, 4.69) is 5.32 Å². The molecule has 2 aromatic rings. The number of amides is 2. The van der Waals surface area contributed by atoms with Crippen LogP contribution in [0.1, 0.15) is 26.7 Å². The molecule has 158 valence electrons. The van der Waals surface area contributed by atoms with E-state index in [1.165, 1.54) is 28.2 Å². The largest absolute Gasteiger partial charge is 0.323 e. The second kappa shape index (κ2) is 7.72. The minimum absolute atomic E-state index is 0.0664. The highest BCUT2D eigenvalue weighted by Gasteiger charge is 2.57. The number of nitrogens with zero attached hydrogens (tertiary/aromatic N) is 2. The van der Waals surface area contributed by atoms with Crippen LogP contribution in [0.15, 0.2) is 58.3 Å². The predicted octanol–water partition coefficient (Wildman–Crippen LogP) is 3.28. The number of sulfonamides is 1. The molecule has 30 heavy (non-hydrogen) atoms. The summed E-state index contributed by atoms with van der Waals surface area (Å²) in [4.78, 5) is 27.5. The number of carbonyl (C=O) groups is 2. The molecule has 0 radical (unpaired) electrons. The number of hydrogen-bond acceptors (Lipinski definition) is 5. The van der Waals surface area contributed by atoms with Gasteiger partial charge >= 0.3 is 0 Å². The van der Waals surface area contributed by atoms with Crippen LogP contribution in [0, 0.1) is 0 Å². The summed E-state index contributed by atoms with van der Waals surface area (Å²) in [7, 11) is -3.56. The van der Waals surface area contributed by atoms with Crippen LogP contribution in [0.3, 0.4) is 0 Å². The lowest BCUT2D eigenvalue weighted by Crippen LogP contribution is -2.49. The molecular weight excluding hydrogens is 422 g/mol. The van der Waals surface area contributed by atoms with Crippen LogP contribution in [-0.4, -0.2) is 42.5 Å². The Bertz CT molecular complexity index is 1100. The van der Waals surface area contributed by atoms with E-state index in [0.29, 0.717) is 31.6 Å². The van der Waals surface area contributed by atoms with Gasteiger partial charge in [0.1, 0.15) is 0 Å².